The lowest BCUT2D eigenvalue weighted by atomic mass is 10.0. The van der Waals surface area contributed by atoms with E-state index in [9.17, 15) is 18.7 Å². The van der Waals surface area contributed by atoms with Crippen LogP contribution in [0, 0.1) is 0 Å². The number of ether oxygens (including phenoxy) is 2. The van der Waals surface area contributed by atoms with Gasteiger partial charge in [0.05, 0.1) is 23.0 Å². The summed E-state index contributed by atoms with van der Waals surface area (Å²) in [6, 6.07) is 12.0. The van der Waals surface area contributed by atoms with E-state index in [0.717, 1.165) is 25.1 Å². The van der Waals surface area contributed by atoms with Crippen molar-refractivity contribution in [2.45, 2.75) is 32.3 Å². The molecule has 0 spiro atoms. The molecule has 6 rings (SSSR count). The van der Waals surface area contributed by atoms with E-state index in [1.807, 2.05) is 18.2 Å². The molecule has 5 aromatic rings. The molecule has 3 aromatic heterocycles. The van der Waals surface area contributed by atoms with Crippen LogP contribution in [0.3, 0.4) is 0 Å². The van der Waals surface area contributed by atoms with Gasteiger partial charge in [-0.15, -0.1) is 0 Å². The molecule has 44 heavy (non-hydrogen) atoms. The van der Waals surface area contributed by atoms with Gasteiger partial charge in [-0.25, -0.2) is 9.50 Å². The SMILES string of the molecule is CN(C)C(=O)Cn1cc(NC(O)c2cnn3cccnc23)c(-c2cc(Oc3ccc4c(c3)CNCC4)ccc2OC(F)F)n1. The highest BCUT2D eigenvalue weighted by Gasteiger charge is 2.23. The molecule has 0 fully saturated rings. The smallest absolute Gasteiger partial charge is 0.387 e. The molecule has 0 bridgehead atoms. The first-order valence-electron chi connectivity index (χ1n) is 13.8. The van der Waals surface area contributed by atoms with Crippen molar-refractivity contribution in [3.8, 4) is 28.5 Å². The van der Waals surface area contributed by atoms with Crippen molar-refractivity contribution in [1.29, 1.82) is 0 Å². The minimum absolute atomic E-state index is 0.138. The highest BCUT2D eigenvalue weighted by Crippen LogP contribution is 2.40. The summed E-state index contributed by atoms with van der Waals surface area (Å²) in [5.74, 6) is 0.516. The summed E-state index contributed by atoms with van der Waals surface area (Å²) in [5, 5.41) is 26.2. The van der Waals surface area contributed by atoms with Gasteiger partial charge in [0, 0.05) is 39.2 Å². The monoisotopic (exact) mass is 604 g/mol. The number of carbonyl (C=O) groups is 1. The molecular formula is C30H30F2N8O4. The number of aromatic nitrogens is 5. The van der Waals surface area contributed by atoms with Gasteiger partial charge in [-0.3, -0.25) is 9.48 Å². The van der Waals surface area contributed by atoms with Crippen LogP contribution >= 0.6 is 0 Å². The molecule has 2 aromatic carbocycles. The number of carbonyl (C=O) groups excluding carboxylic acids is 1. The van der Waals surface area contributed by atoms with Crippen molar-refractivity contribution >= 4 is 17.2 Å². The molecule has 0 saturated carbocycles. The molecule has 1 amide bonds. The molecule has 14 heteroatoms. The van der Waals surface area contributed by atoms with Crippen molar-refractivity contribution in [2.24, 2.45) is 0 Å². The van der Waals surface area contributed by atoms with Crippen LogP contribution < -0.4 is 20.1 Å². The molecule has 0 saturated heterocycles. The number of nitrogens with one attached hydrogen (secondary N) is 2. The Hall–Kier alpha value is -5.08. The Labute approximate surface area is 250 Å². The van der Waals surface area contributed by atoms with Gasteiger partial charge < -0.3 is 30.1 Å². The lowest BCUT2D eigenvalue weighted by molar-refractivity contribution is -0.129. The zero-order chi connectivity index (χ0) is 30.8. The molecule has 228 valence electrons. The summed E-state index contributed by atoms with van der Waals surface area (Å²) in [5.41, 5.74) is 3.71. The molecule has 1 aliphatic heterocycles. The number of aliphatic hydroxyl groups excluding tert-OH is 1. The summed E-state index contributed by atoms with van der Waals surface area (Å²) in [4.78, 5) is 18.2. The Morgan fingerprint density at radius 2 is 2.00 bits per heavy atom. The standard InChI is InChI=1S/C30H30F2N8O4/c1-38(2)26(41)17-39-16-24(36-29(42)23-15-35-40-11-3-9-34-28(23)40)27(37-39)22-13-21(6-7-25(22)44-30(31)32)43-20-5-4-18-8-10-33-14-19(18)12-20/h3-7,9,11-13,15-16,29-30,33,36,42H,8,10,14,17H2,1-2H3. The van der Waals surface area contributed by atoms with Gasteiger partial charge in [0.1, 0.15) is 29.5 Å². The van der Waals surface area contributed by atoms with Crippen LogP contribution in [0.2, 0.25) is 0 Å². The number of halogens is 2. The summed E-state index contributed by atoms with van der Waals surface area (Å²) in [7, 11) is 3.22. The van der Waals surface area contributed by atoms with Gasteiger partial charge in [0.15, 0.2) is 11.9 Å². The number of likely N-dealkylation sites (N-methyl/N-ethyl adjacent to an activating group) is 1. The number of hydrogen-bond donors (Lipinski definition) is 3. The van der Waals surface area contributed by atoms with Crippen LogP contribution in [0.25, 0.3) is 16.9 Å². The van der Waals surface area contributed by atoms with Gasteiger partial charge in [0.2, 0.25) is 5.91 Å². The number of rotatable bonds is 10. The van der Waals surface area contributed by atoms with E-state index in [1.165, 1.54) is 50.3 Å². The Bertz CT molecular complexity index is 1810. The van der Waals surface area contributed by atoms with Crippen molar-refractivity contribution in [3.05, 3.63) is 83.9 Å². The highest BCUT2D eigenvalue weighted by atomic mass is 19.3. The summed E-state index contributed by atoms with van der Waals surface area (Å²) < 4.78 is 40.9. The maximum Gasteiger partial charge on any atom is 0.387 e. The summed E-state index contributed by atoms with van der Waals surface area (Å²) in [6.07, 6.45) is 5.84. The van der Waals surface area contributed by atoms with Crippen molar-refractivity contribution in [3.63, 3.8) is 0 Å². The molecule has 0 radical (unpaired) electrons. The van der Waals surface area contributed by atoms with E-state index in [4.69, 9.17) is 9.47 Å². The minimum Gasteiger partial charge on any atom is -0.457 e. The van der Waals surface area contributed by atoms with Crippen LogP contribution in [0.1, 0.15) is 22.9 Å². The molecule has 3 N–H and O–H groups in total. The Morgan fingerprint density at radius 1 is 1.18 bits per heavy atom. The zero-order valence-corrected chi connectivity index (χ0v) is 23.9. The third kappa shape index (κ3) is 6.16. The minimum atomic E-state index is -3.11. The predicted octanol–water partition coefficient (Wildman–Crippen LogP) is 3.82. The van der Waals surface area contributed by atoms with Crippen LogP contribution in [-0.4, -0.2) is 67.5 Å². The van der Waals surface area contributed by atoms with Gasteiger partial charge in [-0.1, -0.05) is 6.07 Å². The summed E-state index contributed by atoms with van der Waals surface area (Å²) >= 11 is 0. The first-order chi connectivity index (χ1) is 21.2. The Balaban J connectivity index is 1.39. The first-order valence-corrected chi connectivity index (χ1v) is 13.8. The lowest BCUT2D eigenvalue weighted by Gasteiger charge is -2.18. The fourth-order valence-corrected chi connectivity index (χ4v) is 4.96. The number of alkyl halides is 2. The maximum atomic E-state index is 13.5. The Kier molecular flexibility index (Phi) is 8.09. The van der Waals surface area contributed by atoms with Crippen LogP contribution in [0.15, 0.2) is 67.3 Å². The van der Waals surface area contributed by atoms with E-state index in [-0.39, 0.29) is 35.1 Å². The second kappa shape index (κ2) is 12.3. The number of benzene rings is 2. The van der Waals surface area contributed by atoms with Crippen molar-refractivity contribution < 1.29 is 28.2 Å². The molecule has 1 aliphatic rings. The molecule has 0 aliphatic carbocycles. The number of amides is 1. The number of hydrogen-bond acceptors (Lipinski definition) is 9. The zero-order valence-electron chi connectivity index (χ0n) is 23.9. The largest absolute Gasteiger partial charge is 0.457 e. The molecule has 1 unspecified atom stereocenters. The summed E-state index contributed by atoms with van der Waals surface area (Å²) in [6.45, 7) is -1.62. The first kappa shape index (κ1) is 29.0. The topological polar surface area (TPSA) is 131 Å². The normalized spacial score (nSPS) is 13.5. The average molecular weight is 605 g/mol. The fraction of sp³-hybridized carbons (Fsp3) is 0.267. The van der Waals surface area contributed by atoms with Crippen LogP contribution in [0.4, 0.5) is 14.5 Å². The average Bonchev–Trinajstić information content (AvgIpc) is 3.61. The fourth-order valence-electron chi connectivity index (χ4n) is 4.96. The van der Waals surface area contributed by atoms with Gasteiger partial charge in [0.25, 0.3) is 0 Å². The van der Waals surface area contributed by atoms with Crippen molar-refractivity contribution in [1.82, 2.24) is 34.6 Å². The molecule has 1 atom stereocenters. The van der Waals surface area contributed by atoms with Gasteiger partial charge in [-0.05, 0) is 60.5 Å². The second-order valence-corrected chi connectivity index (χ2v) is 10.4. The van der Waals surface area contributed by atoms with E-state index >= 15 is 0 Å². The quantitative estimate of drug-likeness (QED) is 0.204. The third-order valence-electron chi connectivity index (χ3n) is 7.17. The number of nitrogens with zero attached hydrogens (tertiary/aromatic N) is 6. The van der Waals surface area contributed by atoms with Crippen LogP contribution in [0.5, 0.6) is 17.2 Å². The van der Waals surface area contributed by atoms with E-state index in [0.29, 0.717) is 22.7 Å². The van der Waals surface area contributed by atoms with Gasteiger partial charge >= 0.3 is 6.61 Å². The second-order valence-electron chi connectivity index (χ2n) is 10.4. The van der Waals surface area contributed by atoms with E-state index in [2.05, 4.69) is 25.8 Å². The van der Waals surface area contributed by atoms with E-state index < -0.39 is 12.8 Å². The number of anilines is 1. The van der Waals surface area contributed by atoms with Crippen LogP contribution in [-0.2, 0) is 24.3 Å². The van der Waals surface area contributed by atoms with E-state index in [1.54, 1.807) is 32.6 Å². The third-order valence-corrected chi connectivity index (χ3v) is 7.17. The number of aliphatic hydroxyl groups is 1. The molecule has 12 nitrogen and oxygen atoms in total. The molecule has 4 heterocycles. The Morgan fingerprint density at radius 3 is 2.82 bits per heavy atom. The lowest BCUT2D eigenvalue weighted by Crippen LogP contribution is -2.26. The highest BCUT2D eigenvalue weighted by molar-refractivity contribution is 5.81. The maximum absolute atomic E-state index is 13.5. The predicted molar refractivity (Wildman–Crippen MR) is 156 cm³/mol. The molecular weight excluding hydrogens is 574 g/mol. The van der Waals surface area contributed by atoms with Crippen molar-refractivity contribution in [2.75, 3.05) is 26.0 Å². The van der Waals surface area contributed by atoms with Gasteiger partial charge in [-0.2, -0.15) is 19.0 Å². The number of fused-ring (bicyclic) bond motifs is 2.